The molecule has 0 unspecified atom stereocenters. The minimum Gasteiger partial charge on any atom is -0.392 e. The molecule has 0 bridgehead atoms. The first kappa shape index (κ1) is 9.95. The Balaban J connectivity index is 2.15. The Morgan fingerprint density at radius 1 is 1.29 bits per heavy atom. The van der Waals surface area contributed by atoms with Gasteiger partial charge in [0.1, 0.15) is 0 Å². The highest BCUT2D eigenvalue weighted by Gasteiger charge is 2.39. The number of aliphatic hydroxyl groups excluding tert-OH is 1. The number of hydrogen-bond donors (Lipinski definition) is 1. The molecule has 14 heavy (non-hydrogen) atoms. The number of rotatable bonds is 0. The molecule has 1 N–H and O–H groups in total. The van der Waals surface area contributed by atoms with Crippen LogP contribution in [-0.4, -0.2) is 34.2 Å². The van der Waals surface area contributed by atoms with E-state index in [0.29, 0.717) is 6.04 Å². The maximum Gasteiger partial charge on any atom is 0.0983 e. The lowest BCUT2D eigenvalue weighted by molar-refractivity contribution is -0.0443. The average molecular weight is 194 g/mol. The number of fused-ring (bicyclic) bond motifs is 1. The van der Waals surface area contributed by atoms with E-state index in [1.807, 2.05) is 6.92 Å². The van der Waals surface area contributed by atoms with Crippen molar-refractivity contribution in [2.24, 2.45) is 0 Å². The van der Waals surface area contributed by atoms with Gasteiger partial charge in [0.2, 0.25) is 0 Å². The molecule has 2 saturated heterocycles. The predicted octanol–water partition coefficient (Wildman–Crippen LogP) is 1.28. The van der Waals surface area contributed by atoms with Crippen LogP contribution in [0.5, 0.6) is 0 Å². The molecule has 0 saturated carbocycles. The van der Waals surface area contributed by atoms with E-state index in [2.05, 4.69) is 11.0 Å². The minimum absolute atomic E-state index is 0.0405. The van der Waals surface area contributed by atoms with Gasteiger partial charge >= 0.3 is 0 Å². The van der Waals surface area contributed by atoms with E-state index in [9.17, 15) is 5.11 Å². The number of hydrogen-bond acceptors (Lipinski definition) is 3. The fourth-order valence-corrected chi connectivity index (χ4v) is 2.94. The fourth-order valence-electron chi connectivity index (χ4n) is 2.94. The molecule has 2 rings (SSSR count). The molecule has 2 heterocycles. The summed E-state index contributed by atoms with van der Waals surface area (Å²) in [6, 6.07) is 3.12. The third-order valence-electron chi connectivity index (χ3n) is 3.77. The zero-order valence-electron chi connectivity index (χ0n) is 8.69. The second-order valence-corrected chi connectivity index (χ2v) is 4.56. The Hall–Kier alpha value is -0.590. The number of piperidine rings is 2. The monoisotopic (exact) mass is 194 g/mol. The summed E-state index contributed by atoms with van der Waals surface area (Å²) in [6.07, 6.45) is 5.08. The third kappa shape index (κ3) is 1.53. The summed E-state index contributed by atoms with van der Waals surface area (Å²) in [5.41, 5.74) is 0. The van der Waals surface area contributed by atoms with Gasteiger partial charge in [-0.15, -0.1) is 0 Å². The van der Waals surface area contributed by atoms with Gasteiger partial charge in [0.15, 0.2) is 0 Å². The molecule has 0 aromatic carbocycles. The van der Waals surface area contributed by atoms with Crippen LogP contribution in [0.15, 0.2) is 0 Å². The topological polar surface area (TPSA) is 47.3 Å². The lowest BCUT2D eigenvalue weighted by Gasteiger charge is -2.48. The molecule has 2 aliphatic heterocycles. The summed E-state index contributed by atoms with van der Waals surface area (Å²) in [7, 11) is 0. The highest BCUT2D eigenvalue weighted by molar-refractivity contribution is 5.02. The van der Waals surface area contributed by atoms with Gasteiger partial charge in [-0.25, -0.2) is 0 Å². The van der Waals surface area contributed by atoms with E-state index in [0.717, 1.165) is 19.3 Å². The Bertz CT molecular complexity index is 246. The van der Waals surface area contributed by atoms with E-state index in [4.69, 9.17) is 5.26 Å². The van der Waals surface area contributed by atoms with Gasteiger partial charge in [-0.2, -0.15) is 5.26 Å². The number of nitrogens with zero attached hydrogens (tertiary/aromatic N) is 2. The highest BCUT2D eigenvalue weighted by Crippen LogP contribution is 2.33. The normalized spacial score (nSPS) is 44.1. The Labute approximate surface area is 85.3 Å². The van der Waals surface area contributed by atoms with Gasteiger partial charge in [-0.05, 0) is 39.0 Å². The Morgan fingerprint density at radius 2 is 2.07 bits per heavy atom. The summed E-state index contributed by atoms with van der Waals surface area (Å²) < 4.78 is 0. The second-order valence-electron chi connectivity index (χ2n) is 4.56. The van der Waals surface area contributed by atoms with Crippen molar-refractivity contribution in [2.75, 3.05) is 0 Å². The zero-order chi connectivity index (χ0) is 10.1. The molecule has 0 amide bonds. The van der Waals surface area contributed by atoms with Crippen molar-refractivity contribution in [3.63, 3.8) is 0 Å². The molecular formula is C11H18N2O. The summed E-state index contributed by atoms with van der Waals surface area (Å²) in [6.45, 7) is 2.05. The first-order chi connectivity index (χ1) is 6.74. The average Bonchev–Trinajstić information content (AvgIpc) is 2.23. The standard InChI is InChI=1S/C11H18N2O/c1-8-11(14)6-5-9-3-2-4-10(7-12)13(8)9/h8-11,14H,2-6H2,1H3/t8-,9+,10+,11+/m0/s1. The maximum atomic E-state index is 9.78. The van der Waals surface area contributed by atoms with Crippen molar-refractivity contribution in [2.45, 2.75) is 63.3 Å². The van der Waals surface area contributed by atoms with Crippen molar-refractivity contribution in [1.82, 2.24) is 4.90 Å². The molecule has 4 atom stereocenters. The molecule has 0 radical (unpaired) electrons. The first-order valence-corrected chi connectivity index (χ1v) is 5.59. The van der Waals surface area contributed by atoms with Crippen LogP contribution < -0.4 is 0 Å². The SMILES string of the molecule is C[C@H]1[C@H](O)CC[C@H]2CCC[C@H](C#N)N21. The third-order valence-corrected chi connectivity index (χ3v) is 3.77. The lowest BCUT2D eigenvalue weighted by atomic mass is 9.85. The summed E-state index contributed by atoms with van der Waals surface area (Å²) >= 11 is 0. The van der Waals surface area contributed by atoms with Gasteiger partial charge in [-0.3, -0.25) is 4.90 Å². The van der Waals surface area contributed by atoms with Crippen molar-refractivity contribution in [3.8, 4) is 6.07 Å². The van der Waals surface area contributed by atoms with Crippen LogP contribution in [-0.2, 0) is 0 Å². The summed E-state index contributed by atoms with van der Waals surface area (Å²) in [5, 5.41) is 18.8. The molecule has 0 aromatic rings. The number of aliphatic hydroxyl groups is 1. The largest absolute Gasteiger partial charge is 0.392 e. The number of nitriles is 1. The van der Waals surface area contributed by atoms with E-state index < -0.39 is 0 Å². The molecule has 0 spiro atoms. The van der Waals surface area contributed by atoms with Crippen molar-refractivity contribution < 1.29 is 5.11 Å². The van der Waals surface area contributed by atoms with Crippen LogP contribution >= 0.6 is 0 Å². The fraction of sp³-hybridized carbons (Fsp3) is 0.909. The minimum atomic E-state index is -0.236. The Morgan fingerprint density at radius 3 is 2.79 bits per heavy atom. The van der Waals surface area contributed by atoms with Crippen molar-refractivity contribution in [3.05, 3.63) is 0 Å². The molecular weight excluding hydrogens is 176 g/mol. The lowest BCUT2D eigenvalue weighted by Crippen LogP contribution is -2.57. The van der Waals surface area contributed by atoms with Crippen molar-refractivity contribution in [1.29, 1.82) is 5.26 Å². The molecule has 3 nitrogen and oxygen atoms in total. The highest BCUT2D eigenvalue weighted by atomic mass is 16.3. The van der Waals surface area contributed by atoms with Crippen molar-refractivity contribution >= 4 is 0 Å². The quantitative estimate of drug-likeness (QED) is 0.632. The molecule has 0 aromatic heterocycles. The van der Waals surface area contributed by atoms with Crippen LogP contribution in [0.2, 0.25) is 0 Å². The van der Waals surface area contributed by atoms with Gasteiger partial charge in [0.05, 0.1) is 18.2 Å². The van der Waals surface area contributed by atoms with Crippen LogP contribution in [0.1, 0.15) is 39.0 Å². The molecule has 2 aliphatic rings. The van der Waals surface area contributed by atoms with Crippen LogP contribution in [0.3, 0.4) is 0 Å². The van der Waals surface area contributed by atoms with Crippen LogP contribution in [0, 0.1) is 11.3 Å². The van der Waals surface area contributed by atoms with Gasteiger partial charge < -0.3 is 5.11 Å². The molecule has 3 heteroatoms. The van der Waals surface area contributed by atoms with E-state index >= 15 is 0 Å². The molecule has 0 aliphatic carbocycles. The molecule has 2 fully saturated rings. The van der Waals surface area contributed by atoms with E-state index in [1.54, 1.807) is 0 Å². The Kier molecular flexibility index (Phi) is 2.76. The zero-order valence-corrected chi connectivity index (χ0v) is 8.69. The van der Waals surface area contributed by atoms with Crippen LogP contribution in [0.4, 0.5) is 0 Å². The van der Waals surface area contributed by atoms with Gasteiger partial charge in [0.25, 0.3) is 0 Å². The van der Waals surface area contributed by atoms with Gasteiger partial charge in [0, 0.05) is 12.1 Å². The van der Waals surface area contributed by atoms with Crippen LogP contribution in [0.25, 0.3) is 0 Å². The van der Waals surface area contributed by atoms with Gasteiger partial charge in [-0.1, -0.05) is 0 Å². The summed E-state index contributed by atoms with van der Waals surface area (Å²) in [5.74, 6) is 0. The predicted molar refractivity (Wildman–Crippen MR) is 53.6 cm³/mol. The smallest absolute Gasteiger partial charge is 0.0983 e. The summed E-state index contributed by atoms with van der Waals surface area (Å²) in [4.78, 5) is 2.25. The molecule has 78 valence electrons. The van der Waals surface area contributed by atoms with E-state index in [1.165, 1.54) is 12.8 Å². The first-order valence-electron chi connectivity index (χ1n) is 5.59. The second kappa shape index (κ2) is 3.88. The maximum absolute atomic E-state index is 9.78. The van der Waals surface area contributed by atoms with E-state index in [-0.39, 0.29) is 18.2 Å².